The molecule has 1 unspecified atom stereocenters. The Labute approximate surface area is 58.1 Å². The SMILES string of the molecule is NC(=O)C1C=C(N)C=CO1. The van der Waals surface area contributed by atoms with Gasteiger partial charge in [0.1, 0.15) is 0 Å². The molecule has 0 aromatic heterocycles. The Kier molecular flexibility index (Phi) is 1.62. The van der Waals surface area contributed by atoms with E-state index in [2.05, 4.69) is 0 Å². The molecule has 54 valence electrons. The molecule has 1 atom stereocenters. The molecule has 0 saturated carbocycles. The average Bonchev–Trinajstić information content (AvgIpc) is 1.88. The fourth-order valence-electron chi connectivity index (χ4n) is 0.621. The molecule has 10 heavy (non-hydrogen) atoms. The van der Waals surface area contributed by atoms with Gasteiger partial charge in [0.2, 0.25) is 0 Å². The van der Waals surface area contributed by atoms with Gasteiger partial charge in [-0.1, -0.05) is 0 Å². The summed E-state index contributed by atoms with van der Waals surface area (Å²) in [7, 11) is 0. The number of hydrogen-bond donors (Lipinski definition) is 2. The van der Waals surface area contributed by atoms with Crippen LogP contribution in [0.4, 0.5) is 0 Å². The van der Waals surface area contributed by atoms with Crippen molar-refractivity contribution in [3.05, 3.63) is 24.1 Å². The highest BCUT2D eigenvalue weighted by Crippen LogP contribution is 2.04. The van der Waals surface area contributed by atoms with Crippen LogP contribution in [0.1, 0.15) is 0 Å². The molecule has 0 bridgehead atoms. The Balaban J connectivity index is 2.69. The largest absolute Gasteiger partial charge is 0.484 e. The molecule has 4 heteroatoms. The molecule has 0 saturated heterocycles. The molecule has 1 rings (SSSR count). The van der Waals surface area contributed by atoms with Gasteiger partial charge in [-0.2, -0.15) is 0 Å². The fourth-order valence-corrected chi connectivity index (χ4v) is 0.621. The molecule has 0 radical (unpaired) electrons. The van der Waals surface area contributed by atoms with Crippen LogP contribution in [0, 0.1) is 0 Å². The predicted molar refractivity (Wildman–Crippen MR) is 35.5 cm³/mol. The first-order chi connectivity index (χ1) is 4.70. The topological polar surface area (TPSA) is 78.3 Å². The van der Waals surface area contributed by atoms with E-state index in [1.165, 1.54) is 12.3 Å². The minimum absolute atomic E-state index is 0.495. The molecular formula is C6H8N2O2. The molecule has 1 amide bonds. The minimum atomic E-state index is -0.704. The molecular weight excluding hydrogens is 132 g/mol. The second-order valence-corrected chi connectivity index (χ2v) is 1.93. The van der Waals surface area contributed by atoms with Gasteiger partial charge in [-0.25, -0.2) is 0 Å². The molecule has 0 spiro atoms. The van der Waals surface area contributed by atoms with E-state index in [4.69, 9.17) is 16.2 Å². The van der Waals surface area contributed by atoms with E-state index in [-0.39, 0.29) is 0 Å². The second-order valence-electron chi connectivity index (χ2n) is 1.93. The number of carbonyl (C=O) groups excluding carboxylic acids is 1. The summed E-state index contributed by atoms with van der Waals surface area (Å²) in [6, 6.07) is 0. The zero-order valence-electron chi connectivity index (χ0n) is 5.28. The first-order valence-corrected chi connectivity index (χ1v) is 2.79. The number of hydrogen-bond acceptors (Lipinski definition) is 3. The number of nitrogens with two attached hydrogens (primary N) is 2. The van der Waals surface area contributed by atoms with Gasteiger partial charge in [-0.15, -0.1) is 0 Å². The van der Waals surface area contributed by atoms with E-state index in [1.807, 2.05) is 0 Å². The summed E-state index contributed by atoms with van der Waals surface area (Å²) in [6.07, 6.45) is 3.66. The summed E-state index contributed by atoms with van der Waals surface area (Å²) in [6.45, 7) is 0. The summed E-state index contributed by atoms with van der Waals surface area (Å²) in [5.41, 5.74) is 10.8. The van der Waals surface area contributed by atoms with Crippen molar-refractivity contribution in [2.24, 2.45) is 11.5 Å². The lowest BCUT2D eigenvalue weighted by atomic mass is 10.2. The van der Waals surface area contributed by atoms with E-state index in [0.29, 0.717) is 5.70 Å². The van der Waals surface area contributed by atoms with E-state index in [0.717, 1.165) is 0 Å². The Morgan fingerprint density at radius 2 is 2.40 bits per heavy atom. The molecule has 0 fully saturated rings. The number of allylic oxidation sites excluding steroid dienone is 1. The van der Waals surface area contributed by atoms with Gasteiger partial charge in [0.25, 0.3) is 5.91 Å². The normalized spacial score (nSPS) is 23.2. The van der Waals surface area contributed by atoms with Crippen LogP contribution in [0.15, 0.2) is 24.1 Å². The first-order valence-electron chi connectivity index (χ1n) is 2.79. The smallest absolute Gasteiger partial charge is 0.262 e. The molecule has 0 aromatic carbocycles. The van der Waals surface area contributed by atoms with Gasteiger partial charge in [0.05, 0.1) is 6.26 Å². The standard InChI is InChI=1S/C6H8N2O2/c7-4-1-2-10-5(3-4)6(8)9/h1-3,5H,7H2,(H2,8,9). The van der Waals surface area contributed by atoms with E-state index >= 15 is 0 Å². The lowest BCUT2D eigenvalue weighted by Crippen LogP contribution is -2.30. The van der Waals surface area contributed by atoms with Crippen LogP contribution in [0.3, 0.4) is 0 Å². The fraction of sp³-hybridized carbons (Fsp3) is 0.167. The molecule has 1 aliphatic heterocycles. The third kappa shape index (κ3) is 1.28. The molecule has 1 heterocycles. The highest BCUT2D eigenvalue weighted by molar-refractivity contribution is 5.81. The minimum Gasteiger partial charge on any atom is -0.484 e. The van der Waals surface area contributed by atoms with Gasteiger partial charge < -0.3 is 16.2 Å². The quantitative estimate of drug-likeness (QED) is 0.501. The second kappa shape index (κ2) is 2.43. The molecule has 1 aliphatic rings. The predicted octanol–water partition coefficient (Wildman–Crippen LogP) is -0.773. The average molecular weight is 140 g/mol. The number of ether oxygens (including phenoxy) is 1. The lowest BCUT2D eigenvalue weighted by Gasteiger charge is -2.12. The van der Waals surface area contributed by atoms with Crippen molar-refractivity contribution in [1.82, 2.24) is 0 Å². The summed E-state index contributed by atoms with van der Waals surface area (Å²) in [4.78, 5) is 10.5. The number of primary amides is 1. The zero-order valence-corrected chi connectivity index (χ0v) is 5.28. The monoisotopic (exact) mass is 140 g/mol. The molecule has 4 N–H and O–H groups in total. The van der Waals surface area contributed by atoms with Gasteiger partial charge in [-0.05, 0) is 12.2 Å². The first kappa shape index (κ1) is 6.67. The Bertz CT molecular complexity index is 208. The highest BCUT2D eigenvalue weighted by atomic mass is 16.5. The van der Waals surface area contributed by atoms with Crippen molar-refractivity contribution in [2.45, 2.75) is 6.10 Å². The highest BCUT2D eigenvalue weighted by Gasteiger charge is 2.14. The van der Waals surface area contributed by atoms with Crippen molar-refractivity contribution in [2.75, 3.05) is 0 Å². The van der Waals surface area contributed by atoms with Crippen LogP contribution in [-0.4, -0.2) is 12.0 Å². The van der Waals surface area contributed by atoms with Crippen molar-refractivity contribution in [3.8, 4) is 0 Å². The summed E-state index contributed by atoms with van der Waals surface area (Å²) in [5.74, 6) is -0.535. The maximum Gasteiger partial charge on any atom is 0.262 e. The van der Waals surface area contributed by atoms with Crippen molar-refractivity contribution in [1.29, 1.82) is 0 Å². The molecule has 0 aliphatic carbocycles. The van der Waals surface area contributed by atoms with Crippen LogP contribution >= 0.6 is 0 Å². The lowest BCUT2D eigenvalue weighted by molar-refractivity contribution is -0.124. The number of carbonyl (C=O) groups is 1. The summed E-state index contributed by atoms with van der Waals surface area (Å²) >= 11 is 0. The van der Waals surface area contributed by atoms with Crippen LogP contribution in [0.5, 0.6) is 0 Å². The Morgan fingerprint density at radius 1 is 1.70 bits per heavy atom. The Hall–Kier alpha value is -1.45. The summed E-state index contributed by atoms with van der Waals surface area (Å²) in [5, 5.41) is 0. The third-order valence-corrected chi connectivity index (χ3v) is 1.11. The summed E-state index contributed by atoms with van der Waals surface area (Å²) < 4.78 is 4.80. The van der Waals surface area contributed by atoms with E-state index in [9.17, 15) is 4.79 Å². The van der Waals surface area contributed by atoms with Crippen LogP contribution in [0.25, 0.3) is 0 Å². The number of rotatable bonds is 1. The number of amides is 1. The molecule has 4 nitrogen and oxygen atoms in total. The van der Waals surface area contributed by atoms with Crippen molar-refractivity contribution in [3.63, 3.8) is 0 Å². The van der Waals surface area contributed by atoms with Gasteiger partial charge in [-0.3, -0.25) is 4.79 Å². The van der Waals surface area contributed by atoms with E-state index < -0.39 is 12.0 Å². The van der Waals surface area contributed by atoms with Crippen molar-refractivity contribution < 1.29 is 9.53 Å². The van der Waals surface area contributed by atoms with E-state index in [1.54, 1.807) is 6.08 Å². The zero-order chi connectivity index (χ0) is 7.56. The van der Waals surface area contributed by atoms with Gasteiger partial charge >= 0.3 is 0 Å². The molecule has 0 aromatic rings. The van der Waals surface area contributed by atoms with Crippen LogP contribution < -0.4 is 11.5 Å². The maximum atomic E-state index is 10.5. The van der Waals surface area contributed by atoms with Gasteiger partial charge in [0.15, 0.2) is 6.10 Å². The third-order valence-electron chi connectivity index (χ3n) is 1.11. The Morgan fingerprint density at radius 3 is 2.80 bits per heavy atom. The maximum absolute atomic E-state index is 10.5. The van der Waals surface area contributed by atoms with Gasteiger partial charge in [0, 0.05) is 5.70 Å². The van der Waals surface area contributed by atoms with Crippen LogP contribution in [0.2, 0.25) is 0 Å². The van der Waals surface area contributed by atoms with Crippen LogP contribution in [-0.2, 0) is 9.53 Å². The van der Waals surface area contributed by atoms with Crippen molar-refractivity contribution >= 4 is 5.91 Å².